The number of carboxylic acid groups (broad SMARTS) is 2. The Labute approximate surface area is 171 Å². The van der Waals surface area contributed by atoms with Gasteiger partial charge in [-0.1, -0.05) is 13.8 Å². The topological polar surface area (TPSA) is 194 Å². The lowest BCUT2D eigenvalue weighted by molar-refractivity contribution is -0.139. The number of hydrogen-bond donors (Lipinski definition) is 5. The zero-order valence-electron chi connectivity index (χ0n) is 16.1. The Kier molecular flexibility index (Phi) is 9.56. The Hall–Kier alpha value is -1.66. The second-order valence-electron chi connectivity index (χ2n) is 7.17. The number of hydrogen-bond acceptors (Lipinski definition) is 9. The summed E-state index contributed by atoms with van der Waals surface area (Å²) in [6, 6.07) is -2.47. The average Bonchev–Trinajstić information content (AvgIpc) is 2.63. The Morgan fingerprint density at radius 2 is 1.79 bits per heavy atom. The molecule has 0 aromatic carbocycles. The summed E-state index contributed by atoms with van der Waals surface area (Å²) < 4.78 is 23.2. The molecule has 2 amide bonds. The molecule has 1 saturated heterocycles. The number of nitrogens with two attached hydrogens (primary N) is 1. The Morgan fingerprint density at radius 3 is 2.31 bits per heavy atom. The van der Waals surface area contributed by atoms with E-state index < -0.39 is 49.2 Å². The van der Waals surface area contributed by atoms with Gasteiger partial charge in [0.15, 0.2) is 0 Å². The molecule has 0 spiro atoms. The van der Waals surface area contributed by atoms with E-state index in [1.54, 1.807) is 0 Å². The zero-order chi connectivity index (χ0) is 22.2. The van der Waals surface area contributed by atoms with E-state index >= 15 is 0 Å². The van der Waals surface area contributed by atoms with Crippen LogP contribution in [0.4, 0.5) is 0 Å². The van der Waals surface area contributed by atoms with Crippen LogP contribution in [0.5, 0.6) is 0 Å². The van der Waals surface area contributed by atoms with Gasteiger partial charge in [-0.3, -0.25) is 19.2 Å². The van der Waals surface area contributed by atoms with Crippen molar-refractivity contribution in [2.24, 2.45) is 11.1 Å². The fraction of sp³-hybridized carbons (Fsp3) is 0.733. The summed E-state index contributed by atoms with van der Waals surface area (Å²) in [6.45, 7) is -0.102. The van der Waals surface area contributed by atoms with Crippen molar-refractivity contribution >= 4 is 41.9 Å². The third-order valence-corrected chi connectivity index (χ3v) is 7.41. The molecule has 6 N–H and O–H groups in total. The van der Waals surface area contributed by atoms with Gasteiger partial charge in [0.1, 0.15) is 18.6 Å². The van der Waals surface area contributed by atoms with Crippen molar-refractivity contribution in [3.63, 3.8) is 0 Å². The highest BCUT2D eigenvalue weighted by atomic mass is 32.7. The van der Waals surface area contributed by atoms with E-state index in [1.807, 2.05) is 13.8 Å². The Morgan fingerprint density at radius 1 is 1.21 bits per heavy atom. The molecule has 166 valence electrons. The summed E-state index contributed by atoms with van der Waals surface area (Å²) in [4.78, 5) is 45.6. The highest BCUT2D eigenvalue weighted by Gasteiger charge is 2.38. The quantitative estimate of drug-likeness (QED) is 0.258. The van der Waals surface area contributed by atoms with E-state index in [-0.39, 0.29) is 37.2 Å². The Bertz CT molecular complexity index is 674. The van der Waals surface area contributed by atoms with Crippen molar-refractivity contribution in [2.75, 3.05) is 25.5 Å². The van der Waals surface area contributed by atoms with Crippen LogP contribution in [0, 0.1) is 5.41 Å². The van der Waals surface area contributed by atoms with Crippen LogP contribution in [0.15, 0.2) is 0 Å². The number of carboxylic acids is 2. The second-order valence-corrected chi connectivity index (χ2v) is 11.3. The van der Waals surface area contributed by atoms with E-state index in [9.17, 15) is 23.7 Å². The summed E-state index contributed by atoms with van der Waals surface area (Å²) in [7, 11) is 0. The van der Waals surface area contributed by atoms with Crippen LogP contribution in [0.1, 0.15) is 26.7 Å². The lowest BCUT2D eigenvalue weighted by Crippen LogP contribution is -2.49. The van der Waals surface area contributed by atoms with Crippen molar-refractivity contribution in [3.05, 3.63) is 0 Å². The van der Waals surface area contributed by atoms with Crippen molar-refractivity contribution in [3.8, 4) is 0 Å². The molecule has 1 heterocycles. The third kappa shape index (κ3) is 9.59. The first-order valence-corrected chi connectivity index (χ1v) is 11.8. The van der Waals surface area contributed by atoms with Gasteiger partial charge < -0.3 is 35.6 Å². The van der Waals surface area contributed by atoms with E-state index in [0.29, 0.717) is 11.4 Å². The predicted molar refractivity (Wildman–Crippen MR) is 103 cm³/mol. The van der Waals surface area contributed by atoms with Crippen molar-refractivity contribution in [1.29, 1.82) is 0 Å². The fourth-order valence-electron chi connectivity index (χ4n) is 1.97. The summed E-state index contributed by atoms with van der Waals surface area (Å²) in [6.07, 6.45) is -0.419. The van der Waals surface area contributed by atoms with Crippen LogP contribution in [-0.4, -0.2) is 71.6 Å². The molecule has 0 aromatic rings. The standard InChI is InChI=1S/C15H26N3O9PS/c1-15(2)7-26-28(25,27-8-15)29-6-10(13(22)17-5-12(20)21)18-11(19)4-3-9(16)14(23)24/h9-10H,3-8,16H2,1-2H3,(H,17,22)(H,18,19)(H,20,21)(H,23,24)/t9-,10?/m1/s1. The molecular weight excluding hydrogens is 429 g/mol. The number of carbonyl (C=O) groups is 4. The first-order valence-electron chi connectivity index (χ1n) is 8.64. The van der Waals surface area contributed by atoms with Crippen LogP contribution >= 0.6 is 18.2 Å². The lowest BCUT2D eigenvalue weighted by Gasteiger charge is -2.33. The van der Waals surface area contributed by atoms with Gasteiger partial charge in [-0.25, -0.2) is 4.57 Å². The third-order valence-electron chi connectivity index (χ3n) is 3.69. The van der Waals surface area contributed by atoms with Crippen LogP contribution in [0.25, 0.3) is 0 Å². The van der Waals surface area contributed by atoms with Gasteiger partial charge in [0.25, 0.3) is 0 Å². The summed E-state index contributed by atoms with van der Waals surface area (Å²) >= 11 is 0.712. The van der Waals surface area contributed by atoms with E-state index in [2.05, 4.69) is 10.6 Å². The maximum absolute atomic E-state index is 12.6. The van der Waals surface area contributed by atoms with Crippen LogP contribution in [-0.2, 0) is 32.8 Å². The molecule has 1 aliphatic heterocycles. The van der Waals surface area contributed by atoms with Gasteiger partial charge in [-0.05, 0) is 17.8 Å². The molecular formula is C15H26N3O9PS. The normalized spacial score (nSPS) is 19.6. The summed E-state index contributed by atoms with van der Waals surface area (Å²) in [5.74, 6) is -4.23. The van der Waals surface area contributed by atoms with Crippen molar-refractivity contribution < 1.29 is 43.0 Å². The maximum atomic E-state index is 12.6. The molecule has 2 atom stereocenters. The minimum Gasteiger partial charge on any atom is -0.480 e. The molecule has 12 nitrogen and oxygen atoms in total. The van der Waals surface area contributed by atoms with Crippen molar-refractivity contribution in [2.45, 2.75) is 38.8 Å². The van der Waals surface area contributed by atoms with Crippen LogP contribution in [0.2, 0.25) is 0 Å². The summed E-state index contributed by atoms with van der Waals surface area (Å²) in [5, 5.41) is 21.9. The highest BCUT2D eigenvalue weighted by Crippen LogP contribution is 2.63. The largest absolute Gasteiger partial charge is 0.480 e. The molecule has 1 unspecified atom stereocenters. The number of rotatable bonds is 11. The minimum absolute atomic E-state index is 0.155. The smallest absolute Gasteiger partial charge is 0.389 e. The first-order chi connectivity index (χ1) is 13.3. The SMILES string of the molecule is CC1(C)COP(=O)(SCC(NC(=O)CC[C@@H](N)C(=O)O)C(=O)NCC(=O)O)OC1. The molecule has 1 rings (SSSR count). The van der Waals surface area contributed by atoms with Crippen molar-refractivity contribution in [1.82, 2.24) is 10.6 Å². The van der Waals surface area contributed by atoms with E-state index in [1.165, 1.54) is 0 Å². The second kappa shape index (κ2) is 10.9. The van der Waals surface area contributed by atoms with Gasteiger partial charge in [0, 0.05) is 17.6 Å². The van der Waals surface area contributed by atoms with E-state index in [4.69, 9.17) is 25.0 Å². The van der Waals surface area contributed by atoms with Crippen LogP contribution < -0.4 is 16.4 Å². The fourth-order valence-corrected chi connectivity index (χ4v) is 5.54. The van der Waals surface area contributed by atoms with Crippen LogP contribution in [0.3, 0.4) is 0 Å². The van der Waals surface area contributed by atoms with E-state index in [0.717, 1.165) is 0 Å². The molecule has 0 radical (unpaired) electrons. The molecule has 1 fully saturated rings. The highest BCUT2D eigenvalue weighted by molar-refractivity contribution is 8.55. The minimum atomic E-state index is -3.54. The van der Waals surface area contributed by atoms with Gasteiger partial charge in [0.2, 0.25) is 11.8 Å². The van der Waals surface area contributed by atoms with Gasteiger partial charge in [-0.15, -0.1) is 0 Å². The van der Waals surface area contributed by atoms with Gasteiger partial charge in [-0.2, -0.15) is 0 Å². The maximum Gasteiger partial charge on any atom is 0.389 e. The zero-order valence-corrected chi connectivity index (χ0v) is 17.8. The molecule has 0 bridgehead atoms. The number of aliphatic carboxylic acids is 2. The molecule has 29 heavy (non-hydrogen) atoms. The molecule has 14 heteroatoms. The molecule has 0 saturated carbocycles. The predicted octanol–water partition coefficient (Wildman–Crippen LogP) is -0.222. The van der Waals surface area contributed by atoms with Gasteiger partial charge >= 0.3 is 18.7 Å². The monoisotopic (exact) mass is 455 g/mol. The average molecular weight is 455 g/mol. The lowest BCUT2D eigenvalue weighted by atomic mass is 9.97. The Balaban J connectivity index is 2.69. The number of nitrogens with one attached hydrogen (secondary N) is 2. The molecule has 0 aromatic heterocycles. The number of amides is 2. The molecule has 0 aliphatic carbocycles. The molecule has 1 aliphatic rings. The number of carbonyl (C=O) groups excluding carboxylic acids is 2. The van der Waals surface area contributed by atoms with Gasteiger partial charge in [0.05, 0.1) is 13.2 Å². The first kappa shape index (κ1) is 25.4. The summed E-state index contributed by atoms with van der Waals surface area (Å²) in [5.41, 5.74) is 5.02.